The van der Waals surface area contributed by atoms with Crippen molar-refractivity contribution in [2.24, 2.45) is 0 Å². The third kappa shape index (κ3) is 5.77. The minimum Gasteiger partial charge on any atom is -0.353 e. The van der Waals surface area contributed by atoms with Crippen molar-refractivity contribution in [3.05, 3.63) is 53.0 Å². The summed E-state index contributed by atoms with van der Waals surface area (Å²) in [6.45, 7) is 11.0. The molecule has 0 saturated carbocycles. The van der Waals surface area contributed by atoms with Crippen LogP contribution in [0, 0.1) is 0 Å². The number of halogens is 3. The van der Waals surface area contributed by atoms with E-state index in [1.165, 1.54) is 17.7 Å². The van der Waals surface area contributed by atoms with Gasteiger partial charge in [-0.1, -0.05) is 19.1 Å². The number of carbonyl (C=O) groups excluding carboxylic acids is 1. The summed E-state index contributed by atoms with van der Waals surface area (Å²) in [4.78, 5) is 26.7. The smallest absolute Gasteiger partial charge is 0.353 e. The highest BCUT2D eigenvalue weighted by atomic mass is 19.4. The number of aromatic nitrogens is 2. The number of amides is 1. The Morgan fingerprint density at radius 1 is 1.09 bits per heavy atom. The van der Waals surface area contributed by atoms with Crippen molar-refractivity contribution in [3.8, 4) is 0 Å². The van der Waals surface area contributed by atoms with E-state index >= 15 is 0 Å². The summed E-state index contributed by atoms with van der Waals surface area (Å²) in [5.41, 5.74) is 2.00. The molecule has 1 fully saturated rings. The number of alkyl halides is 3. The molecule has 1 aromatic heterocycles. The van der Waals surface area contributed by atoms with Crippen LogP contribution >= 0.6 is 0 Å². The molecule has 2 heterocycles. The molecule has 1 amide bonds. The van der Waals surface area contributed by atoms with Crippen molar-refractivity contribution in [1.82, 2.24) is 20.2 Å². The Balaban J connectivity index is 1.49. The number of hydrogen-bond acceptors (Lipinski definition) is 5. The topological polar surface area (TPSA) is 61.4 Å². The molecule has 0 radical (unpaired) electrons. The van der Waals surface area contributed by atoms with Crippen LogP contribution in [0.2, 0.25) is 0 Å². The molecule has 1 N–H and O–H groups in total. The second-order valence-corrected chi connectivity index (χ2v) is 10.6. The van der Waals surface area contributed by atoms with Crippen molar-refractivity contribution in [2.75, 3.05) is 37.6 Å². The van der Waals surface area contributed by atoms with Crippen LogP contribution in [0.25, 0.3) is 0 Å². The predicted molar refractivity (Wildman–Crippen MR) is 130 cm³/mol. The maximum atomic E-state index is 13.6. The van der Waals surface area contributed by atoms with E-state index in [1.807, 2.05) is 25.7 Å². The van der Waals surface area contributed by atoms with Crippen LogP contribution in [-0.4, -0.2) is 59.0 Å². The zero-order chi connectivity index (χ0) is 25.4. The largest absolute Gasteiger partial charge is 0.416 e. The molecule has 2 aliphatic rings. The van der Waals surface area contributed by atoms with Gasteiger partial charge in [-0.15, -0.1) is 0 Å². The highest BCUT2D eigenvalue weighted by Gasteiger charge is 2.34. The Morgan fingerprint density at radius 2 is 1.74 bits per heavy atom. The summed E-state index contributed by atoms with van der Waals surface area (Å²) in [6, 6.07) is 4.97. The third-order valence-electron chi connectivity index (χ3n) is 6.92. The standard InChI is InChI=1S/C26H34F3N5O/c1-17-5-10-21-22(17)23(31-16-30-21)33-11-13-34(14-12-33)24(35)20(15-32-25(2,3)4)18-6-8-19(9-7-18)26(27,28)29/h6-9,16-17,20,32H,5,10-15H2,1-4H3. The molecular weight excluding hydrogens is 455 g/mol. The fraction of sp³-hybridized carbons (Fsp3) is 0.577. The summed E-state index contributed by atoms with van der Waals surface area (Å²) in [7, 11) is 0. The lowest BCUT2D eigenvalue weighted by Crippen LogP contribution is -2.52. The molecule has 9 heteroatoms. The molecule has 1 saturated heterocycles. The number of nitrogens with one attached hydrogen (secondary N) is 1. The fourth-order valence-corrected chi connectivity index (χ4v) is 4.89. The first-order valence-corrected chi connectivity index (χ1v) is 12.2. The molecule has 190 valence electrons. The second-order valence-electron chi connectivity index (χ2n) is 10.6. The maximum absolute atomic E-state index is 13.6. The van der Waals surface area contributed by atoms with Crippen LogP contribution in [0.3, 0.4) is 0 Å². The van der Waals surface area contributed by atoms with E-state index in [-0.39, 0.29) is 11.4 Å². The molecule has 35 heavy (non-hydrogen) atoms. The maximum Gasteiger partial charge on any atom is 0.416 e. The summed E-state index contributed by atoms with van der Waals surface area (Å²) >= 11 is 0. The number of hydrogen-bond donors (Lipinski definition) is 1. The van der Waals surface area contributed by atoms with Gasteiger partial charge in [0.15, 0.2) is 0 Å². The number of aryl methyl sites for hydroxylation is 1. The fourth-order valence-electron chi connectivity index (χ4n) is 4.89. The lowest BCUT2D eigenvalue weighted by atomic mass is 9.94. The van der Waals surface area contributed by atoms with Crippen molar-refractivity contribution < 1.29 is 18.0 Å². The average Bonchev–Trinajstić information content (AvgIpc) is 3.19. The van der Waals surface area contributed by atoms with Crippen molar-refractivity contribution in [3.63, 3.8) is 0 Å². The Morgan fingerprint density at radius 3 is 2.34 bits per heavy atom. The van der Waals surface area contributed by atoms with Gasteiger partial charge in [0.2, 0.25) is 5.91 Å². The van der Waals surface area contributed by atoms with Crippen molar-refractivity contribution in [1.29, 1.82) is 0 Å². The van der Waals surface area contributed by atoms with Crippen LogP contribution in [0.1, 0.15) is 68.3 Å². The number of benzene rings is 1. The van der Waals surface area contributed by atoms with Gasteiger partial charge in [-0.05, 0) is 57.2 Å². The molecule has 0 bridgehead atoms. The SMILES string of the molecule is CC1CCc2ncnc(N3CCN(C(=O)C(CNC(C)(C)C)c4ccc(C(F)(F)F)cc4)CC3)c21. The third-order valence-corrected chi connectivity index (χ3v) is 6.92. The van der Waals surface area contributed by atoms with E-state index in [0.717, 1.165) is 36.5 Å². The monoisotopic (exact) mass is 489 g/mol. The zero-order valence-electron chi connectivity index (χ0n) is 20.8. The molecule has 6 nitrogen and oxygen atoms in total. The zero-order valence-corrected chi connectivity index (χ0v) is 20.8. The van der Waals surface area contributed by atoms with Crippen molar-refractivity contribution in [2.45, 2.75) is 64.1 Å². The molecule has 4 rings (SSSR count). The highest BCUT2D eigenvalue weighted by Crippen LogP contribution is 2.37. The predicted octanol–water partition coefficient (Wildman–Crippen LogP) is 4.37. The van der Waals surface area contributed by atoms with E-state index < -0.39 is 17.7 Å². The normalized spacial score (nSPS) is 19.6. The molecule has 2 unspecified atom stereocenters. The van der Waals surface area contributed by atoms with Gasteiger partial charge in [-0.25, -0.2) is 9.97 Å². The minimum atomic E-state index is -4.41. The molecule has 0 spiro atoms. The molecule has 2 atom stereocenters. The summed E-state index contributed by atoms with van der Waals surface area (Å²) in [6.07, 6.45) is -0.728. The highest BCUT2D eigenvalue weighted by molar-refractivity contribution is 5.84. The summed E-state index contributed by atoms with van der Waals surface area (Å²) in [5, 5.41) is 3.36. The quantitative estimate of drug-likeness (QED) is 0.676. The van der Waals surface area contributed by atoms with Crippen molar-refractivity contribution >= 4 is 11.7 Å². The molecule has 2 aromatic rings. The van der Waals surface area contributed by atoms with Gasteiger partial charge in [0.05, 0.1) is 11.5 Å². The number of rotatable bonds is 5. The molecule has 1 aromatic carbocycles. The summed E-state index contributed by atoms with van der Waals surface area (Å²) in [5.74, 6) is 0.767. The van der Waals surface area contributed by atoms with Gasteiger partial charge in [0, 0.05) is 49.5 Å². The van der Waals surface area contributed by atoms with Crippen LogP contribution in [0.4, 0.5) is 19.0 Å². The minimum absolute atomic E-state index is 0.0672. The van der Waals surface area contributed by atoms with Gasteiger partial charge >= 0.3 is 6.18 Å². The van der Waals surface area contributed by atoms with Gasteiger partial charge < -0.3 is 15.1 Å². The van der Waals surface area contributed by atoms with E-state index in [2.05, 4.69) is 27.1 Å². The number of anilines is 1. The van der Waals surface area contributed by atoms with E-state index in [9.17, 15) is 18.0 Å². The van der Waals surface area contributed by atoms with Crippen LogP contribution in [-0.2, 0) is 17.4 Å². The van der Waals surface area contributed by atoms with Gasteiger partial charge in [-0.3, -0.25) is 4.79 Å². The number of carbonyl (C=O) groups is 1. The number of fused-ring (bicyclic) bond motifs is 1. The number of nitrogens with zero attached hydrogens (tertiary/aromatic N) is 4. The van der Waals surface area contributed by atoms with Crippen LogP contribution in [0.5, 0.6) is 0 Å². The Labute approximate surface area is 204 Å². The van der Waals surface area contributed by atoms with E-state index in [4.69, 9.17) is 0 Å². The summed E-state index contributed by atoms with van der Waals surface area (Å²) < 4.78 is 39.2. The van der Waals surface area contributed by atoms with E-state index in [0.29, 0.717) is 44.2 Å². The van der Waals surface area contributed by atoms with Gasteiger partial charge in [-0.2, -0.15) is 13.2 Å². The van der Waals surface area contributed by atoms with Gasteiger partial charge in [0.25, 0.3) is 0 Å². The number of piperazine rings is 1. The lowest BCUT2D eigenvalue weighted by Gasteiger charge is -2.38. The Kier molecular flexibility index (Phi) is 7.09. The molecule has 1 aliphatic heterocycles. The van der Waals surface area contributed by atoms with E-state index in [1.54, 1.807) is 6.33 Å². The Bertz CT molecular complexity index is 1040. The average molecular weight is 490 g/mol. The lowest BCUT2D eigenvalue weighted by molar-refractivity contribution is -0.137. The second kappa shape index (κ2) is 9.76. The van der Waals surface area contributed by atoms with Gasteiger partial charge in [0.1, 0.15) is 12.1 Å². The van der Waals surface area contributed by atoms with Crippen LogP contribution in [0.15, 0.2) is 30.6 Å². The first-order chi connectivity index (χ1) is 16.4. The molecule has 1 aliphatic carbocycles. The van der Waals surface area contributed by atoms with Crippen LogP contribution < -0.4 is 10.2 Å². The Hall–Kier alpha value is -2.68. The first-order valence-electron chi connectivity index (χ1n) is 12.2. The molecular formula is C26H34F3N5O. The first kappa shape index (κ1) is 25.4.